The lowest BCUT2D eigenvalue weighted by Crippen LogP contribution is -2.56. The zero-order chi connectivity index (χ0) is 35.1. The molecular formula is C38H45N3O6S. The third-order valence-electron chi connectivity index (χ3n) is 7.79. The Bertz CT molecular complexity index is 1800. The van der Waals surface area contributed by atoms with E-state index < -0.39 is 34.1 Å². The van der Waals surface area contributed by atoms with Crippen LogP contribution in [0.3, 0.4) is 0 Å². The molecule has 10 heteroatoms. The molecule has 0 radical (unpaired) electrons. The quantitative estimate of drug-likeness (QED) is 0.185. The van der Waals surface area contributed by atoms with Crippen LogP contribution in [0.25, 0.3) is 0 Å². The fourth-order valence-electron chi connectivity index (χ4n) is 5.24. The predicted octanol–water partition coefficient (Wildman–Crippen LogP) is 6.07. The van der Waals surface area contributed by atoms with Crippen molar-refractivity contribution in [1.82, 2.24) is 10.2 Å². The summed E-state index contributed by atoms with van der Waals surface area (Å²) in [7, 11) is -1.43. The Labute approximate surface area is 284 Å². The van der Waals surface area contributed by atoms with E-state index in [1.807, 2.05) is 89.2 Å². The zero-order valence-electron chi connectivity index (χ0n) is 28.7. The molecular weight excluding hydrogens is 627 g/mol. The van der Waals surface area contributed by atoms with Gasteiger partial charge in [-0.05, 0) is 70.0 Å². The van der Waals surface area contributed by atoms with Gasteiger partial charge in [-0.25, -0.2) is 8.42 Å². The van der Waals surface area contributed by atoms with Crippen LogP contribution in [-0.4, -0.2) is 57.5 Å². The molecule has 0 saturated heterocycles. The van der Waals surface area contributed by atoms with E-state index in [-0.39, 0.29) is 29.5 Å². The summed E-state index contributed by atoms with van der Waals surface area (Å²) in [6.45, 7) is 9.04. The average molecular weight is 672 g/mol. The summed E-state index contributed by atoms with van der Waals surface area (Å²) in [4.78, 5) is 30.1. The second-order valence-electron chi connectivity index (χ2n) is 12.8. The molecule has 4 aromatic rings. The number of aryl methyl sites for hydroxylation is 2. The molecule has 4 rings (SSSR count). The summed E-state index contributed by atoms with van der Waals surface area (Å²) in [5, 5.41) is 3.05. The normalized spacial score (nSPS) is 12.1. The minimum atomic E-state index is -4.32. The van der Waals surface area contributed by atoms with E-state index in [0.717, 1.165) is 26.6 Å². The smallest absolute Gasteiger partial charge is 0.264 e. The number of hydrogen-bond acceptors (Lipinski definition) is 6. The molecule has 0 saturated carbocycles. The molecule has 0 unspecified atom stereocenters. The van der Waals surface area contributed by atoms with E-state index in [4.69, 9.17) is 9.47 Å². The van der Waals surface area contributed by atoms with Crippen molar-refractivity contribution in [2.75, 3.05) is 25.1 Å². The number of amides is 2. The number of methoxy groups -OCH3 is 2. The van der Waals surface area contributed by atoms with Gasteiger partial charge in [0.25, 0.3) is 10.0 Å². The number of carbonyl (C=O) groups is 2. The van der Waals surface area contributed by atoms with Crippen LogP contribution in [0.5, 0.6) is 11.5 Å². The van der Waals surface area contributed by atoms with Gasteiger partial charge in [0.1, 0.15) is 12.6 Å². The largest absolute Gasteiger partial charge is 0.493 e. The maximum Gasteiger partial charge on any atom is 0.264 e. The predicted molar refractivity (Wildman–Crippen MR) is 189 cm³/mol. The van der Waals surface area contributed by atoms with E-state index >= 15 is 0 Å². The van der Waals surface area contributed by atoms with Gasteiger partial charge in [0.15, 0.2) is 11.5 Å². The van der Waals surface area contributed by atoms with Crippen LogP contribution in [0.1, 0.15) is 43.0 Å². The highest BCUT2D eigenvalue weighted by atomic mass is 32.2. The number of benzene rings is 4. The molecule has 254 valence electrons. The highest BCUT2D eigenvalue weighted by Crippen LogP contribution is 2.32. The monoisotopic (exact) mass is 671 g/mol. The molecule has 0 bridgehead atoms. The molecule has 1 atom stereocenters. The Balaban J connectivity index is 1.83. The fraction of sp³-hybridized carbons (Fsp3) is 0.316. The lowest BCUT2D eigenvalue weighted by Gasteiger charge is -2.35. The second kappa shape index (κ2) is 15.4. The van der Waals surface area contributed by atoms with Crippen molar-refractivity contribution in [2.24, 2.45) is 0 Å². The van der Waals surface area contributed by atoms with Crippen molar-refractivity contribution in [3.8, 4) is 11.5 Å². The third-order valence-corrected chi connectivity index (χ3v) is 9.56. The van der Waals surface area contributed by atoms with Crippen molar-refractivity contribution < 1.29 is 27.5 Å². The molecule has 48 heavy (non-hydrogen) atoms. The molecule has 0 aliphatic heterocycles. The average Bonchev–Trinajstić information content (AvgIpc) is 3.05. The third kappa shape index (κ3) is 9.16. The lowest BCUT2D eigenvalue weighted by atomic mass is 10.0. The Kier molecular flexibility index (Phi) is 11.5. The molecule has 2 amide bonds. The van der Waals surface area contributed by atoms with Crippen LogP contribution in [0.2, 0.25) is 0 Å². The van der Waals surface area contributed by atoms with Crippen LogP contribution in [0, 0.1) is 13.8 Å². The number of rotatable bonds is 13. The van der Waals surface area contributed by atoms with Gasteiger partial charge in [0, 0.05) is 24.6 Å². The summed E-state index contributed by atoms with van der Waals surface area (Å²) in [6, 6.07) is 27.5. The molecule has 0 aliphatic rings. The van der Waals surface area contributed by atoms with Crippen LogP contribution >= 0.6 is 0 Å². The SMILES string of the molecule is COc1ccc(S(=O)(=O)N(CC(=O)N(Cc2ccc(C)cc2)[C@H](Cc2ccccc2)C(=O)NC(C)(C)C)c2ccc(C)cc2)cc1OC. The second-order valence-corrected chi connectivity index (χ2v) is 14.7. The van der Waals surface area contributed by atoms with E-state index in [1.165, 1.54) is 37.3 Å². The van der Waals surface area contributed by atoms with Crippen molar-refractivity contribution in [1.29, 1.82) is 0 Å². The van der Waals surface area contributed by atoms with Crippen LogP contribution < -0.4 is 19.1 Å². The molecule has 0 heterocycles. The number of hydrogen-bond donors (Lipinski definition) is 1. The van der Waals surface area contributed by atoms with Crippen molar-refractivity contribution >= 4 is 27.5 Å². The maximum absolute atomic E-state index is 14.7. The van der Waals surface area contributed by atoms with Gasteiger partial charge in [-0.2, -0.15) is 0 Å². The Hall–Kier alpha value is -4.83. The molecule has 1 N–H and O–H groups in total. The number of anilines is 1. The number of sulfonamides is 1. The molecule has 0 spiro atoms. The number of carbonyl (C=O) groups excluding carboxylic acids is 2. The van der Waals surface area contributed by atoms with Gasteiger partial charge in [0.2, 0.25) is 11.8 Å². The minimum Gasteiger partial charge on any atom is -0.493 e. The van der Waals surface area contributed by atoms with Gasteiger partial charge in [0.05, 0.1) is 24.8 Å². The first-order chi connectivity index (χ1) is 22.7. The summed E-state index contributed by atoms with van der Waals surface area (Å²) in [5.41, 5.74) is 3.38. The highest BCUT2D eigenvalue weighted by Gasteiger charge is 2.36. The van der Waals surface area contributed by atoms with E-state index in [1.54, 1.807) is 24.3 Å². The number of ether oxygens (including phenoxy) is 2. The molecule has 0 fully saturated rings. The van der Waals surface area contributed by atoms with Gasteiger partial charge >= 0.3 is 0 Å². The summed E-state index contributed by atoms with van der Waals surface area (Å²) >= 11 is 0. The first kappa shape index (κ1) is 36.0. The highest BCUT2D eigenvalue weighted by molar-refractivity contribution is 7.92. The first-order valence-electron chi connectivity index (χ1n) is 15.7. The summed E-state index contributed by atoms with van der Waals surface area (Å²) < 4.78 is 40.6. The summed E-state index contributed by atoms with van der Waals surface area (Å²) in [6.07, 6.45) is 0.229. The Morgan fingerprint density at radius 1 is 0.771 bits per heavy atom. The van der Waals surface area contributed by atoms with Crippen molar-refractivity contribution in [3.63, 3.8) is 0 Å². The van der Waals surface area contributed by atoms with Crippen molar-refractivity contribution in [2.45, 2.75) is 64.1 Å². The fourth-order valence-corrected chi connectivity index (χ4v) is 6.67. The van der Waals surface area contributed by atoms with E-state index in [2.05, 4.69) is 5.32 Å². The topological polar surface area (TPSA) is 105 Å². The zero-order valence-corrected chi connectivity index (χ0v) is 29.5. The molecule has 4 aromatic carbocycles. The number of nitrogens with zero attached hydrogens (tertiary/aromatic N) is 2. The van der Waals surface area contributed by atoms with Gasteiger partial charge in [-0.15, -0.1) is 0 Å². The van der Waals surface area contributed by atoms with Gasteiger partial charge < -0.3 is 19.7 Å². The maximum atomic E-state index is 14.7. The van der Waals surface area contributed by atoms with Crippen LogP contribution in [0.4, 0.5) is 5.69 Å². The molecule has 0 aromatic heterocycles. The van der Waals surface area contributed by atoms with E-state index in [0.29, 0.717) is 11.4 Å². The van der Waals surface area contributed by atoms with Gasteiger partial charge in [-0.1, -0.05) is 77.9 Å². The lowest BCUT2D eigenvalue weighted by molar-refractivity contribution is -0.140. The molecule has 0 aliphatic carbocycles. The molecule has 9 nitrogen and oxygen atoms in total. The Morgan fingerprint density at radius 3 is 1.92 bits per heavy atom. The van der Waals surface area contributed by atoms with Crippen LogP contribution in [0.15, 0.2) is 102 Å². The number of nitrogens with one attached hydrogen (secondary N) is 1. The summed E-state index contributed by atoms with van der Waals surface area (Å²) in [5.74, 6) is -0.273. The van der Waals surface area contributed by atoms with Crippen LogP contribution in [-0.2, 0) is 32.6 Å². The Morgan fingerprint density at radius 2 is 1.35 bits per heavy atom. The van der Waals surface area contributed by atoms with Crippen molar-refractivity contribution in [3.05, 3.63) is 119 Å². The standard InChI is InChI=1S/C38H45N3O6S/c1-27-13-17-30(18-14-27)25-40(33(37(43)39-38(3,4)5)23-29-11-9-8-10-12-29)36(42)26-41(31-19-15-28(2)16-20-31)48(44,45)32-21-22-34(46-6)35(24-32)47-7/h8-22,24,33H,23,25-26H2,1-7H3,(H,39,43)/t33-/m1/s1. The van der Waals surface area contributed by atoms with Gasteiger partial charge in [-0.3, -0.25) is 13.9 Å². The first-order valence-corrected chi connectivity index (χ1v) is 17.2. The minimum absolute atomic E-state index is 0.0788. The van der Waals surface area contributed by atoms with E-state index in [9.17, 15) is 18.0 Å².